The van der Waals surface area contributed by atoms with Gasteiger partial charge in [0.1, 0.15) is 11.5 Å². The lowest BCUT2D eigenvalue weighted by atomic mass is 9.95. The maximum atomic E-state index is 13.4. The van der Waals surface area contributed by atoms with E-state index in [1.807, 2.05) is 36.6 Å². The van der Waals surface area contributed by atoms with Gasteiger partial charge in [-0.25, -0.2) is 9.37 Å². The van der Waals surface area contributed by atoms with Crippen LogP contribution in [0.15, 0.2) is 66.0 Å². The maximum Gasteiger partial charge on any atom is 0.272 e. The van der Waals surface area contributed by atoms with Crippen molar-refractivity contribution in [3.8, 4) is 5.69 Å². The minimum Gasteiger partial charge on any atom is -0.337 e. The number of nitrogens with one attached hydrogen (secondary N) is 1. The third-order valence-corrected chi connectivity index (χ3v) is 6.06. The van der Waals surface area contributed by atoms with Crippen LogP contribution in [0.1, 0.15) is 23.3 Å². The number of rotatable bonds is 5. The second-order valence-electron chi connectivity index (χ2n) is 7.36. The van der Waals surface area contributed by atoms with Gasteiger partial charge in [0.25, 0.3) is 5.91 Å². The summed E-state index contributed by atoms with van der Waals surface area (Å²) in [5.41, 5.74) is 1.89. The Balaban J connectivity index is 1.45. The highest BCUT2D eigenvalue weighted by atomic mass is 32.2. The summed E-state index contributed by atoms with van der Waals surface area (Å²) < 4.78 is 15.1. The molecule has 1 aliphatic rings. The fourth-order valence-corrected chi connectivity index (χ4v) is 4.29. The standard InChI is InChI=1S/C23H23FN4O2S/c1-31-23-25-15-20(28(23)19-9-7-17(24)8-10-19)22(30)27-13-11-16(12-14-27)21(29)26-18-5-3-2-4-6-18/h2-10,15-16H,11-14H2,1H3,(H,26,29). The van der Waals surface area contributed by atoms with E-state index in [9.17, 15) is 14.0 Å². The number of benzene rings is 2. The van der Waals surface area contributed by atoms with Gasteiger partial charge in [-0.1, -0.05) is 30.0 Å². The molecule has 2 heterocycles. The van der Waals surface area contributed by atoms with E-state index in [1.165, 1.54) is 23.9 Å². The molecule has 3 aromatic rings. The topological polar surface area (TPSA) is 67.2 Å². The van der Waals surface area contributed by atoms with Crippen LogP contribution in [0, 0.1) is 11.7 Å². The molecular formula is C23H23FN4O2S. The molecule has 0 atom stereocenters. The highest BCUT2D eigenvalue weighted by molar-refractivity contribution is 7.98. The number of para-hydroxylation sites is 1. The molecule has 1 saturated heterocycles. The Hall–Kier alpha value is -3.13. The van der Waals surface area contributed by atoms with Gasteiger partial charge < -0.3 is 10.2 Å². The first-order valence-corrected chi connectivity index (χ1v) is 11.3. The molecule has 0 bridgehead atoms. The second-order valence-corrected chi connectivity index (χ2v) is 8.14. The average Bonchev–Trinajstić information content (AvgIpc) is 3.24. The first kappa shape index (κ1) is 21.1. The summed E-state index contributed by atoms with van der Waals surface area (Å²) in [4.78, 5) is 31.9. The third-order valence-electron chi connectivity index (χ3n) is 5.41. The number of likely N-dealkylation sites (tertiary alicyclic amines) is 1. The van der Waals surface area contributed by atoms with Crippen LogP contribution in [0.5, 0.6) is 0 Å². The zero-order valence-corrected chi connectivity index (χ0v) is 17.9. The molecular weight excluding hydrogens is 415 g/mol. The van der Waals surface area contributed by atoms with Crippen molar-refractivity contribution in [3.05, 3.63) is 72.3 Å². The molecule has 2 amide bonds. The molecule has 0 spiro atoms. The monoisotopic (exact) mass is 438 g/mol. The van der Waals surface area contributed by atoms with Gasteiger partial charge in [0.2, 0.25) is 5.91 Å². The van der Waals surface area contributed by atoms with Crippen molar-refractivity contribution in [2.45, 2.75) is 18.0 Å². The lowest BCUT2D eigenvalue weighted by Crippen LogP contribution is -2.42. The van der Waals surface area contributed by atoms with Gasteiger partial charge >= 0.3 is 0 Å². The third kappa shape index (κ3) is 4.64. The fraction of sp³-hybridized carbons (Fsp3) is 0.261. The molecule has 0 unspecified atom stereocenters. The summed E-state index contributed by atoms with van der Waals surface area (Å²) in [6.45, 7) is 0.990. The Bertz CT molecular complexity index is 1060. The summed E-state index contributed by atoms with van der Waals surface area (Å²) in [5, 5.41) is 3.60. The number of anilines is 1. The number of hydrogen-bond donors (Lipinski definition) is 1. The van der Waals surface area contributed by atoms with Gasteiger partial charge in [-0.05, 0) is 55.5 Å². The normalized spacial score (nSPS) is 14.5. The first-order valence-electron chi connectivity index (χ1n) is 10.1. The van der Waals surface area contributed by atoms with Gasteiger partial charge in [-0.2, -0.15) is 0 Å². The molecule has 2 aromatic carbocycles. The van der Waals surface area contributed by atoms with Crippen molar-refractivity contribution in [2.75, 3.05) is 24.7 Å². The zero-order chi connectivity index (χ0) is 21.8. The van der Waals surface area contributed by atoms with E-state index in [4.69, 9.17) is 0 Å². The van der Waals surface area contributed by atoms with Crippen LogP contribution in [0.2, 0.25) is 0 Å². The zero-order valence-electron chi connectivity index (χ0n) is 17.1. The van der Waals surface area contributed by atoms with Crippen molar-refractivity contribution >= 4 is 29.3 Å². The molecule has 0 saturated carbocycles. The number of piperidine rings is 1. The van der Waals surface area contributed by atoms with Crippen LogP contribution in [0.3, 0.4) is 0 Å². The molecule has 1 N–H and O–H groups in total. The van der Waals surface area contributed by atoms with E-state index >= 15 is 0 Å². The van der Waals surface area contributed by atoms with Gasteiger partial charge in [0.15, 0.2) is 5.16 Å². The molecule has 4 rings (SSSR count). The predicted octanol–water partition coefficient (Wildman–Crippen LogP) is 4.22. The number of carbonyl (C=O) groups excluding carboxylic acids is 2. The van der Waals surface area contributed by atoms with E-state index in [0.717, 1.165) is 5.69 Å². The largest absolute Gasteiger partial charge is 0.337 e. The minimum atomic E-state index is -0.335. The highest BCUT2D eigenvalue weighted by Gasteiger charge is 2.30. The van der Waals surface area contributed by atoms with E-state index < -0.39 is 0 Å². The van der Waals surface area contributed by atoms with Crippen molar-refractivity contribution in [2.24, 2.45) is 5.92 Å². The van der Waals surface area contributed by atoms with Crippen LogP contribution >= 0.6 is 11.8 Å². The van der Waals surface area contributed by atoms with Crippen LogP contribution < -0.4 is 5.32 Å². The lowest BCUT2D eigenvalue weighted by molar-refractivity contribution is -0.121. The number of imidazole rings is 1. The molecule has 8 heteroatoms. The summed E-state index contributed by atoms with van der Waals surface area (Å²) in [5.74, 6) is -0.621. The number of thioether (sulfide) groups is 1. The SMILES string of the molecule is CSc1ncc(C(=O)N2CCC(C(=O)Nc3ccccc3)CC2)n1-c1ccc(F)cc1. The number of aromatic nitrogens is 2. The number of halogens is 1. The van der Waals surface area contributed by atoms with E-state index in [0.29, 0.717) is 42.5 Å². The molecule has 1 aliphatic heterocycles. The Morgan fingerprint density at radius 1 is 1.06 bits per heavy atom. The average molecular weight is 439 g/mol. The second kappa shape index (κ2) is 9.34. The van der Waals surface area contributed by atoms with E-state index in [2.05, 4.69) is 10.3 Å². The van der Waals surface area contributed by atoms with Crippen molar-refractivity contribution in [3.63, 3.8) is 0 Å². The molecule has 0 radical (unpaired) electrons. The molecule has 160 valence electrons. The lowest BCUT2D eigenvalue weighted by Gasteiger charge is -2.31. The number of hydrogen-bond acceptors (Lipinski definition) is 4. The van der Waals surface area contributed by atoms with E-state index in [1.54, 1.807) is 27.8 Å². The van der Waals surface area contributed by atoms with Crippen molar-refractivity contribution in [1.82, 2.24) is 14.5 Å². The number of carbonyl (C=O) groups is 2. The number of nitrogens with zero attached hydrogens (tertiary/aromatic N) is 3. The summed E-state index contributed by atoms with van der Waals surface area (Å²) in [6.07, 6.45) is 4.65. The van der Waals surface area contributed by atoms with Crippen LogP contribution in [-0.2, 0) is 4.79 Å². The number of amides is 2. The minimum absolute atomic E-state index is 0.0145. The van der Waals surface area contributed by atoms with Crippen LogP contribution in [0.4, 0.5) is 10.1 Å². The van der Waals surface area contributed by atoms with Crippen LogP contribution in [0.25, 0.3) is 5.69 Å². The quantitative estimate of drug-likeness (QED) is 0.606. The smallest absolute Gasteiger partial charge is 0.272 e. The fourth-order valence-electron chi connectivity index (χ4n) is 3.74. The molecule has 6 nitrogen and oxygen atoms in total. The summed E-state index contributed by atoms with van der Waals surface area (Å²) >= 11 is 1.42. The molecule has 1 fully saturated rings. The van der Waals surface area contributed by atoms with Crippen molar-refractivity contribution in [1.29, 1.82) is 0 Å². The molecule has 0 aliphatic carbocycles. The van der Waals surface area contributed by atoms with Gasteiger partial charge in [0, 0.05) is 30.4 Å². The van der Waals surface area contributed by atoms with Gasteiger partial charge in [0.05, 0.1) is 6.20 Å². The summed E-state index contributed by atoms with van der Waals surface area (Å²) in [7, 11) is 0. The Labute approximate surface area is 184 Å². The van der Waals surface area contributed by atoms with Gasteiger partial charge in [-0.3, -0.25) is 14.2 Å². The first-order chi connectivity index (χ1) is 15.1. The predicted molar refractivity (Wildman–Crippen MR) is 119 cm³/mol. The summed E-state index contributed by atoms with van der Waals surface area (Å²) in [6, 6.07) is 15.4. The Morgan fingerprint density at radius 2 is 1.74 bits per heavy atom. The Morgan fingerprint density at radius 3 is 2.39 bits per heavy atom. The Kier molecular flexibility index (Phi) is 6.36. The van der Waals surface area contributed by atoms with Gasteiger partial charge in [-0.15, -0.1) is 0 Å². The molecule has 31 heavy (non-hydrogen) atoms. The molecule has 1 aromatic heterocycles. The van der Waals surface area contributed by atoms with Crippen molar-refractivity contribution < 1.29 is 14.0 Å². The van der Waals surface area contributed by atoms with Crippen LogP contribution in [-0.4, -0.2) is 45.6 Å². The maximum absolute atomic E-state index is 13.4. The highest BCUT2D eigenvalue weighted by Crippen LogP contribution is 2.25. The van der Waals surface area contributed by atoms with E-state index in [-0.39, 0.29) is 23.5 Å².